The number of nitrogens with zero attached hydrogens (tertiary/aromatic N) is 3. The number of rotatable bonds is 5. The van der Waals surface area contributed by atoms with E-state index in [4.69, 9.17) is 0 Å². The van der Waals surface area contributed by atoms with E-state index in [9.17, 15) is 8.42 Å². The number of sulfonamides is 1. The van der Waals surface area contributed by atoms with Crippen molar-refractivity contribution in [3.8, 4) is 0 Å². The lowest BCUT2D eigenvalue weighted by molar-refractivity contribution is 0.399. The Hall–Kier alpha value is -1.99. The largest absolute Gasteiger partial charge is 0.341 e. The Morgan fingerprint density at radius 1 is 1.17 bits per heavy atom. The Labute approximate surface area is 143 Å². The normalized spacial score (nSPS) is 16.3. The minimum Gasteiger partial charge on any atom is -0.341 e. The first-order valence-corrected chi connectivity index (χ1v) is 9.61. The van der Waals surface area contributed by atoms with E-state index >= 15 is 0 Å². The number of hydrogen-bond acceptors (Lipinski definition) is 5. The molecule has 1 aliphatic rings. The van der Waals surface area contributed by atoms with Gasteiger partial charge in [0.1, 0.15) is 0 Å². The third-order valence-corrected chi connectivity index (χ3v) is 5.73. The topological polar surface area (TPSA) is 75.2 Å². The van der Waals surface area contributed by atoms with E-state index < -0.39 is 10.0 Å². The molecule has 2 aromatic rings. The summed E-state index contributed by atoms with van der Waals surface area (Å²) in [6, 6.07) is 8.78. The second-order valence-electron chi connectivity index (χ2n) is 6.15. The number of piperidine rings is 1. The number of hydrogen-bond donors (Lipinski definition) is 1. The molecule has 1 aliphatic heterocycles. The zero-order valence-electron chi connectivity index (χ0n) is 13.7. The molecular formula is C17H22N4O2S. The van der Waals surface area contributed by atoms with E-state index in [0.29, 0.717) is 17.4 Å². The van der Waals surface area contributed by atoms with E-state index in [1.807, 2.05) is 13.0 Å². The molecule has 0 bridgehead atoms. The van der Waals surface area contributed by atoms with Gasteiger partial charge in [-0.25, -0.2) is 23.1 Å². The van der Waals surface area contributed by atoms with Gasteiger partial charge in [-0.05, 0) is 49.4 Å². The fourth-order valence-electron chi connectivity index (χ4n) is 2.89. The van der Waals surface area contributed by atoms with Crippen LogP contribution in [0.15, 0.2) is 47.6 Å². The third kappa shape index (κ3) is 4.10. The number of aromatic nitrogens is 2. The van der Waals surface area contributed by atoms with Gasteiger partial charge in [-0.15, -0.1) is 0 Å². The summed E-state index contributed by atoms with van der Waals surface area (Å²) in [6.45, 7) is 4.06. The van der Waals surface area contributed by atoms with Crippen LogP contribution in [0.25, 0.3) is 0 Å². The average Bonchev–Trinajstić information content (AvgIpc) is 2.61. The van der Waals surface area contributed by atoms with Crippen molar-refractivity contribution in [1.82, 2.24) is 14.7 Å². The van der Waals surface area contributed by atoms with Crippen molar-refractivity contribution in [2.45, 2.75) is 24.7 Å². The summed E-state index contributed by atoms with van der Waals surface area (Å²) in [5.74, 6) is 1.08. The van der Waals surface area contributed by atoms with Gasteiger partial charge in [0.15, 0.2) is 0 Å². The van der Waals surface area contributed by atoms with E-state index in [1.165, 1.54) is 0 Å². The molecule has 0 saturated carbocycles. The first-order chi connectivity index (χ1) is 11.5. The monoisotopic (exact) mass is 346 g/mol. The Morgan fingerprint density at radius 2 is 1.88 bits per heavy atom. The molecule has 1 aromatic carbocycles. The fraction of sp³-hybridized carbons (Fsp3) is 0.412. The van der Waals surface area contributed by atoms with Gasteiger partial charge in [-0.2, -0.15) is 0 Å². The molecule has 2 heterocycles. The molecule has 1 fully saturated rings. The van der Waals surface area contributed by atoms with Crippen LogP contribution in [0.1, 0.15) is 18.4 Å². The van der Waals surface area contributed by atoms with Crippen molar-refractivity contribution in [3.05, 3.63) is 48.3 Å². The number of nitrogens with one attached hydrogen (secondary N) is 1. The van der Waals surface area contributed by atoms with Crippen LogP contribution < -0.4 is 9.62 Å². The minimum absolute atomic E-state index is 0.331. The smallest absolute Gasteiger partial charge is 0.240 e. The van der Waals surface area contributed by atoms with E-state index in [1.54, 1.807) is 36.7 Å². The molecule has 1 N–H and O–H groups in total. The molecule has 128 valence electrons. The van der Waals surface area contributed by atoms with Crippen LogP contribution in [0.3, 0.4) is 0 Å². The SMILES string of the molecule is Cc1cccc(S(=O)(=O)NCC2CCN(c3ncccn3)CC2)c1. The van der Waals surface area contributed by atoms with E-state index in [-0.39, 0.29) is 0 Å². The van der Waals surface area contributed by atoms with E-state index in [0.717, 1.165) is 37.4 Å². The van der Waals surface area contributed by atoms with Crippen LogP contribution in [0.5, 0.6) is 0 Å². The zero-order chi connectivity index (χ0) is 17.0. The highest BCUT2D eigenvalue weighted by Crippen LogP contribution is 2.20. The highest BCUT2D eigenvalue weighted by atomic mass is 32.2. The highest BCUT2D eigenvalue weighted by Gasteiger charge is 2.23. The Kier molecular flexibility index (Phi) is 5.11. The van der Waals surface area contributed by atoms with Gasteiger partial charge in [0.2, 0.25) is 16.0 Å². The first kappa shape index (κ1) is 16.9. The number of benzene rings is 1. The molecule has 24 heavy (non-hydrogen) atoms. The lowest BCUT2D eigenvalue weighted by atomic mass is 9.97. The molecule has 1 aromatic heterocycles. The molecule has 6 nitrogen and oxygen atoms in total. The Balaban J connectivity index is 1.53. The number of anilines is 1. The van der Waals surface area contributed by atoms with Crippen LogP contribution >= 0.6 is 0 Å². The lowest BCUT2D eigenvalue weighted by Crippen LogP contribution is -2.39. The minimum atomic E-state index is -3.44. The summed E-state index contributed by atoms with van der Waals surface area (Å²) in [4.78, 5) is 11.0. The lowest BCUT2D eigenvalue weighted by Gasteiger charge is -2.31. The van der Waals surface area contributed by atoms with Crippen molar-refractivity contribution < 1.29 is 8.42 Å². The molecule has 0 aliphatic carbocycles. The predicted octanol–water partition coefficient (Wildman–Crippen LogP) is 1.98. The molecule has 7 heteroatoms. The maximum Gasteiger partial charge on any atom is 0.240 e. The van der Waals surface area contributed by atoms with Crippen LogP contribution in [0, 0.1) is 12.8 Å². The highest BCUT2D eigenvalue weighted by molar-refractivity contribution is 7.89. The van der Waals surface area contributed by atoms with Crippen molar-refractivity contribution in [2.24, 2.45) is 5.92 Å². The van der Waals surface area contributed by atoms with Crippen LogP contribution in [0.2, 0.25) is 0 Å². The standard InChI is InChI=1S/C17H22N4O2S/c1-14-4-2-5-16(12-14)24(22,23)20-13-15-6-10-21(11-7-15)17-18-8-3-9-19-17/h2-5,8-9,12,15,20H,6-7,10-11,13H2,1H3. The first-order valence-electron chi connectivity index (χ1n) is 8.13. The van der Waals surface area contributed by atoms with Crippen molar-refractivity contribution >= 4 is 16.0 Å². The van der Waals surface area contributed by atoms with Crippen molar-refractivity contribution in [3.63, 3.8) is 0 Å². The van der Waals surface area contributed by atoms with E-state index in [2.05, 4.69) is 19.6 Å². The molecule has 0 spiro atoms. The van der Waals surface area contributed by atoms with Gasteiger partial charge >= 0.3 is 0 Å². The summed E-state index contributed by atoms with van der Waals surface area (Å²) in [5, 5.41) is 0. The molecule has 0 radical (unpaired) electrons. The second-order valence-corrected chi connectivity index (χ2v) is 7.91. The fourth-order valence-corrected chi connectivity index (χ4v) is 4.11. The van der Waals surface area contributed by atoms with Crippen molar-refractivity contribution in [1.29, 1.82) is 0 Å². The summed E-state index contributed by atoms with van der Waals surface area (Å²) in [5.41, 5.74) is 0.939. The van der Waals surface area contributed by atoms with Gasteiger partial charge in [-0.1, -0.05) is 12.1 Å². The van der Waals surface area contributed by atoms with Gasteiger partial charge in [-0.3, -0.25) is 0 Å². The summed E-state index contributed by atoms with van der Waals surface area (Å²) >= 11 is 0. The molecule has 0 amide bonds. The second kappa shape index (κ2) is 7.27. The Morgan fingerprint density at radius 3 is 2.54 bits per heavy atom. The predicted molar refractivity (Wildman–Crippen MR) is 93.3 cm³/mol. The maximum absolute atomic E-state index is 12.4. The van der Waals surface area contributed by atoms with Gasteiger partial charge in [0.05, 0.1) is 4.90 Å². The third-order valence-electron chi connectivity index (χ3n) is 4.31. The molecule has 3 rings (SSSR count). The average molecular weight is 346 g/mol. The zero-order valence-corrected chi connectivity index (χ0v) is 14.5. The van der Waals surface area contributed by atoms with Crippen LogP contribution in [-0.2, 0) is 10.0 Å². The summed E-state index contributed by atoms with van der Waals surface area (Å²) < 4.78 is 27.5. The van der Waals surface area contributed by atoms with Crippen LogP contribution in [-0.4, -0.2) is 38.0 Å². The van der Waals surface area contributed by atoms with Crippen molar-refractivity contribution in [2.75, 3.05) is 24.5 Å². The number of aryl methyl sites for hydroxylation is 1. The quantitative estimate of drug-likeness (QED) is 0.896. The Bertz CT molecular complexity index is 772. The molecular weight excluding hydrogens is 324 g/mol. The summed E-state index contributed by atoms with van der Waals surface area (Å²) in [6.07, 6.45) is 5.33. The maximum atomic E-state index is 12.4. The molecule has 1 saturated heterocycles. The van der Waals surface area contributed by atoms with Crippen LogP contribution in [0.4, 0.5) is 5.95 Å². The van der Waals surface area contributed by atoms with Gasteiger partial charge < -0.3 is 4.90 Å². The van der Waals surface area contributed by atoms with Gasteiger partial charge in [0, 0.05) is 32.0 Å². The molecule has 0 unspecified atom stereocenters. The summed E-state index contributed by atoms with van der Waals surface area (Å²) in [7, 11) is -3.44. The van der Waals surface area contributed by atoms with Gasteiger partial charge in [0.25, 0.3) is 0 Å². The molecule has 0 atom stereocenters.